The first-order valence-electron chi connectivity index (χ1n) is 3.48. The summed E-state index contributed by atoms with van der Waals surface area (Å²) in [5.41, 5.74) is 0. The molecular formula is C6H9FN2O. The number of amides is 2. The highest BCUT2D eigenvalue weighted by Crippen LogP contribution is 2.22. The third kappa shape index (κ3) is 0.678. The third-order valence-corrected chi connectivity index (χ3v) is 2.10. The van der Waals surface area contributed by atoms with E-state index in [0.29, 0.717) is 13.0 Å². The van der Waals surface area contributed by atoms with Crippen molar-refractivity contribution >= 4 is 6.03 Å². The molecule has 2 aliphatic heterocycles. The standard InChI is InChI=1S/C6H9FN2O/c7-5-2-1-4-3-9(5)6(10)8-4/h4-5H,1-3H2,(H,8,10)/t4-,5+/m1/s1. The SMILES string of the molecule is O=C1N[C@@H]2CC[C@@H](F)N1C2. The molecule has 0 aromatic heterocycles. The summed E-state index contributed by atoms with van der Waals surface area (Å²) in [4.78, 5) is 12.1. The number of rotatable bonds is 0. The fourth-order valence-corrected chi connectivity index (χ4v) is 1.52. The Morgan fingerprint density at radius 2 is 2.40 bits per heavy atom. The lowest BCUT2D eigenvalue weighted by molar-refractivity contribution is 0.0972. The van der Waals surface area contributed by atoms with E-state index in [1.165, 1.54) is 4.90 Å². The van der Waals surface area contributed by atoms with Gasteiger partial charge < -0.3 is 5.32 Å². The Bertz CT molecular complexity index is 173. The Kier molecular flexibility index (Phi) is 1.09. The van der Waals surface area contributed by atoms with Gasteiger partial charge in [-0.3, -0.25) is 4.90 Å². The summed E-state index contributed by atoms with van der Waals surface area (Å²) >= 11 is 0. The van der Waals surface area contributed by atoms with Gasteiger partial charge in [0.15, 0.2) is 6.30 Å². The lowest BCUT2D eigenvalue weighted by Crippen LogP contribution is -2.36. The quantitative estimate of drug-likeness (QED) is 0.492. The number of halogens is 1. The van der Waals surface area contributed by atoms with Crippen molar-refractivity contribution in [2.24, 2.45) is 0 Å². The average molecular weight is 144 g/mol. The van der Waals surface area contributed by atoms with Crippen molar-refractivity contribution in [1.29, 1.82) is 0 Å². The van der Waals surface area contributed by atoms with E-state index >= 15 is 0 Å². The first-order chi connectivity index (χ1) is 4.77. The normalized spacial score (nSPS) is 38.1. The van der Waals surface area contributed by atoms with Gasteiger partial charge in [0, 0.05) is 12.6 Å². The summed E-state index contributed by atoms with van der Waals surface area (Å²) in [7, 11) is 0. The van der Waals surface area contributed by atoms with Crippen LogP contribution in [-0.2, 0) is 0 Å². The van der Waals surface area contributed by atoms with Crippen LogP contribution in [0.5, 0.6) is 0 Å². The van der Waals surface area contributed by atoms with Gasteiger partial charge in [0.1, 0.15) is 0 Å². The number of fused-ring (bicyclic) bond motifs is 2. The molecule has 2 heterocycles. The number of urea groups is 1. The van der Waals surface area contributed by atoms with Crippen molar-refractivity contribution in [3.05, 3.63) is 0 Å². The highest BCUT2D eigenvalue weighted by atomic mass is 19.1. The van der Waals surface area contributed by atoms with Gasteiger partial charge in [-0.25, -0.2) is 9.18 Å². The molecule has 4 heteroatoms. The van der Waals surface area contributed by atoms with E-state index in [2.05, 4.69) is 5.32 Å². The number of hydrogen-bond donors (Lipinski definition) is 1. The molecule has 0 aliphatic carbocycles. The molecule has 10 heavy (non-hydrogen) atoms. The van der Waals surface area contributed by atoms with E-state index in [9.17, 15) is 9.18 Å². The van der Waals surface area contributed by atoms with E-state index < -0.39 is 6.30 Å². The summed E-state index contributed by atoms with van der Waals surface area (Å²) in [6.45, 7) is 0.556. The van der Waals surface area contributed by atoms with Crippen molar-refractivity contribution in [3.8, 4) is 0 Å². The summed E-state index contributed by atoms with van der Waals surface area (Å²) in [6.07, 6.45) is 0.228. The summed E-state index contributed by atoms with van der Waals surface area (Å²) < 4.78 is 12.8. The van der Waals surface area contributed by atoms with Crippen LogP contribution in [0.3, 0.4) is 0 Å². The molecule has 56 valence electrons. The summed E-state index contributed by atoms with van der Waals surface area (Å²) in [5, 5.41) is 2.69. The zero-order valence-electron chi connectivity index (χ0n) is 5.51. The Morgan fingerprint density at radius 1 is 1.60 bits per heavy atom. The van der Waals surface area contributed by atoms with Crippen LogP contribution in [-0.4, -0.2) is 29.8 Å². The maximum atomic E-state index is 12.8. The lowest BCUT2D eigenvalue weighted by atomic mass is 10.1. The van der Waals surface area contributed by atoms with Crippen LogP contribution >= 0.6 is 0 Å². The monoisotopic (exact) mass is 144 g/mol. The second kappa shape index (κ2) is 1.84. The molecule has 0 aromatic carbocycles. The Morgan fingerprint density at radius 3 is 3.10 bits per heavy atom. The summed E-state index contributed by atoms with van der Waals surface area (Å²) in [5.74, 6) is 0. The van der Waals surface area contributed by atoms with Crippen LogP contribution in [0.4, 0.5) is 9.18 Å². The molecule has 0 saturated carbocycles. The van der Waals surface area contributed by atoms with Crippen LogP contribution in [0, 0.1) is 0 Å². The van der Waals surface area contributed by atoms with E-state index in [1.807, 2.05) is 0 Å². The smallest absolute Gasteiger partial charge is 0.320 e. The molecule has 2 bridgehead atoms. The zero-order chi connectivity index (χ0) is 7.14. The minimum absolute atomic E-state index is 0.208. The molecule has 2 saturated heterocycles. The van der Waals surface area contributed by atoms with Crippen LogP contribution < -0.4 is 5.32 Å². The second-order valence-corrected chi connectivity index (χ2v) is 2.81. The predicted molar refractivity (Wildman–Crippen MR) is 33.2 cm³/mol. The number of hydrogen-bond acceptors (Lipinski definition) is 1. The van der Waals surface area contributed by atoms with Gasteiger partial charge in [0.25, 0.3) is 0 Å². The van der Waals surface area contributed by atoms with Gasteiger partial charge in [-0.05, 0) is 12.8 Å². The predicted octanol–water partition coefficient (Wildman–Crippen LogP) is 0.470. The molecule has 1 N–H and O–H groups in total. The molecule has 0 unspecified atom stereocenters. The molecule has 2 aliphatic rings. The fourth-order valence-electron chi connectivity index (χ4n) is 1.52. The highest BCUT2D eigenvalue weighted by Gasteiger charge is 2.38. The number of carbonyl (C=O) groups is 1. The van der Waals surface area contributed by atoms with Crippen molar-refractivity contribution < 1.29 is 9.18 Å². The van der Waals surface area contributed by atoms with E-state index in [4.69, 9.17) is 0 Å². The van der Waals surface area contributed by atoms with E-state index in [1.54, 1.807) is 0 Å². The van der Waals surface area contributed by atoms with E-state index in [-0.39, 0.29) is 12.1 Å². The Hall–Kier alpha value is -0.800. The van der Waals surface area contributed by atoms with Crippen molar-refractivity contribution in [2.45, 2.75) is 25.2 Å². The van der Waals surface area contributed by atoms with Gasteiger partial charge >= 0.3 is 6.03 Å². The van der Waals surface area contributed by atoms with Gasteiger partial charge in [-0.15, -0.1) is 0 Å². The van der Waals surface area contributed by atoms with Crippen LogP contribution in [0.25, 0.3) is 0 Å². The minimum atomic E-state index is -1.04. The van der Waals surface area contributed by atoms with Gasteiger partial charge in [0.05, 0.1) is 0 Å². The molecule has 3 nitrogen and oxygen atoms in total. The average Bonchev–Trinajstić information content (AvgIpc) is 2.21. The largest absolute Gasteiger partial charge is 0.333 e. The molecule has 2 fully saturated rings. The molecular weight excluding hydrogens is 135 g/mol. The fraction of sp³-hybridized carbons (Fsp3) is 0.833. The third-order valence-electron chi connectivity index (χ3n) is 2.10. The van der Waals surface area contributed by atoms with Crippen LogP contribution in [0.1, 0.15) is 12.8 Å². The number of nitrogens with one attached hydrogen (secondary N) is 1. The van der Waals surface area contributed by atoms with Crippen molar-refractivity contribution in [1.82, 2.24) is 10.2 Å². The van der Waals surface area contributed by atoms with Crippen molar-refractivity contribution in [3.63, 3.8) is 0 Å². The molecule has 0 radical (unpaired) electrons. The number of nitrogens with zero attached hydrogens (tertiary/aromatic N) is 1. The van der Waals surface area contributed by atoms with E-state index in [0.717, 1.165) is 6.42 Å². The maximum absolute atomic E-state index is 12.8. The zero-order valence-corrected chi connectivity index (χ0v) is 5.51. The number of alkyl halides is 1. The lowest BCUT2D eigenvalue weighted by Gasteiger charge is -2.23. The van der Waals surface area contributed by atoms with Crippen molar-refractivity contribution in [2.75, 3.05) is 6.54 Å². The Labute approximate surface area is 58.2 Å². The molecule has 2 rings (SSSR count). The highest BCUT2D eigenvalue weighted by molar-refractivity contribution is 5.77. The number of piperidine rings is 1. The van der Waals surface area contributed by atoms with Gasteiger partial charge in [-0.2, -0.15) is 0 Å². The first kappa shape index (κ1) is 5.95. The molecule has 0 aromatic rings. The first-order valence-corrected chi connectivity index (χ1v) is 3.48. The number of carbonyl (C=O) groups excluding carboxylic acids is 1. The second-order valence-electron chi connectivity index (χ2n) is 2.81. The van der Waals surface area contributed by atoms with Gasteiger partial charge in [0.2, 0.25) is 0 Å². The maximum Gasteiger partial charge on any atom is 0.320 e. The topological polar surface area (TPSA) is 32.3 Å². The van der Waals surface area contributed by atoms with Gasteiger partial charge in [-0.1, -0.05) is 0 Å². The minimum Gasteiger partial charge on any atom is -0.333 e. The van der Waals surface area contributed by atoms with Crippen LogP contribution in [0.2, 0.25) is 0 Å². The summed E-state index contributed by atoms with van der Waals surface area (Å²) in [6, 6.07) is -0.0329. The Balaban J connectivity index is 2.17. The molecule has 2 amide bonds. The van der Waals surface area contributed by atoms with Crippen LogP contribution in [0.15, 0.2) is 0 Å². The molecule has 0 spiro atoms. The molecule has 2 atom stereocenters.